The highest BCUT2D eigenvalue weighted by Gasteiger charge is 2.54. The third kappa shape index (κ3) is 5.06. The molecule has 31 heavy (non-hydrogen) atoms. The van der Waals surface area contributed by atoms with E-state index in [0.29, 0.717) is 17.2 Å². The molecule has 3 rings (SSSR count). The minimum absolute atomic E-state index is 0.0157. The maximum Gasteiger partial charge on any atom is 0.276 e. The average molecular weight is 457 g/mol. The van der Waals surface area contributed by atoms with Crippen LogP contribution < -0.4 is 0 Å². The molecule has 0 radical (unpaired) electrons. The number of aryl methyl sites for hydroxylation is 1. The Morgan fingerprint density at radius 3 is 2.52 bits per heavy atom. The lowest BCUT2D eigenvalue weighted by Crippen LogP contribution is -2.50. The standard InChI is InChI=1S/C25H38F2O3S/c1-17-7-9-19(10-8-17)31(30)16-24(4,29)25(26,27)15-13-18(2)20-11-12-21-22(28)6-5-14-23(20,21)3/h7-10,18,20-22,28-29H,5-6,11-16H2,1-4H3/t18-,20-,21?,22+,23-,24+,31?/m1/s1. The third-order valence-electron chi connectivity index (χ3n) is 8.25. The molecule has 7 atom stereocenters. The number of aliphatic hydroxyl groups is 2. The van der Waals surface area contributed by atoms with Gasteiger partial charge in [0.2, 0.25) is 0 Å². The highest BCUT2D eigenvalue weighted by Crippen LogP contribution is 2.58. The number of hydrogen-bond donors (Lipinski definition) is 2. The predicted molar refractivity (Wildman–Crippen MR) is 121 cm³/mol. The van der Waals surface area contributed by atoms with Crippen LogP contribution in [-0.2, 0) is 10.8 Å². The average Bonchev–Trinajstić information content (AvgIpc) is 3.04. The fourth-order valence-electron chi connectivity index (χ4n) is 6.14. The Bertz CT molecular complexity index is 779. The summed E-state index contributed by atoms with van der Waals surface area (Å²) in [7, 11) is -1.70. The van der Waals surface area contributed by atoms with Gasteiger partial charge in [0.15, 0.2) is 0 Å². The molecule has 3 nitrogen and oxygen atoms in total. The van der Waals surface area contributed by atoms with E-state index in [0.717, 1.165) is 44.6 Å². The van der Waals surface area contributed by atoms with Crippen molar-refractivity contribution in [2.24, 2.45) is 23.2 Å². The molecule has 0 bridgehead atoms. The van der Waals surface area contributed by atoms with Crippen molar-refractivity contribution in [2.75, 3.05) is 5.75 Å². The fraction of sp³-hybridized carbons (Fsp3) is 0.760. The SMILES string of the molecule is Cc1ccc(S(=O)C[C@](C)(O)C(F)(F)CC[C@@H](C)[C@H]2CCC3[C@@H](O)CCC[C@@]32C)cc1. The molecule has 2 saturated carbocycles. The summed E-state index contributed by atoms with van der Waals surface area (Å²) >= 11 is 0. The van der Waals surface area contributed by atoms with Crippen molar-refractivity contribution in [1.29, 1.82) is 0 Å². The molecule has 0 aromatic heterocycles. The van der Waals surface area contributed by atoms with E-state index in [1.807, 2.05) is 13.8 Å². The number of benzene rings is 1. The second-order valence-electron chi connectivity index (χ2n) is 10.6. The largest absolute Gasteiger partial charge is 0.393 e. The molecule has 2 aliphatic rings. The van der Waals surface area contributed by atoms with Gasteiger partial charge in [0, 0.05) is 11.3 Å². The molecular formula is C25H38F2O3S. The van der Waals surface area contributed by atoms with Crippen LogP contribution in [0.5, 0.6) is 0 Å². The fourth-order valence-corrected chi connectivity index (χ4v) is 7.47. The normalized spacial score (nSPS) is 32.8. The third-order valence-corrected chi connectivity index (χ3v) is 9.87. The number of hydrogen-bond acceptors (Lipinski definition) is 3. The zero-order chi connectivity index (χ0) is 23.0. The summed E-state index contributed by atoms with van der Waals surface area (Å²) in [6.07, 6.45) is 4.45. The van der Waals surface area contributed by atoms with Gasteiger partial charge in [-0.25, -0.2) is 8.78 Å². The summed E-state index contributed by atoms with van der Waals surface area (Å²) in [6, 6.07) is 6.91. The number of halogens is 2. The lowest BCUT2D eigenvalue weighted by molar-refractivity contribution is -0.166. The Morgan fingerprint density at radius 1 is 1.23 bits per heavy atom. The summed E-state index contributed by atoms with van der Waals surface area (Å²) < 4.78 is 42.7. The van der Waals surface area contributed by atoms with Crippen molar-refractivity contribution in [3.05, 3.63) is 29.8 Å². The van der Waals surface area contributed by atoms with Gasteiger partial charge in [0.25, 0.3) is 5.92 Å². The molecule has 1 aromatic rings. The maximum absolute atomic E-state index is 15.1. The van der Waals surface area contributed by atoms with Gasteiger partial charge in [-0.15, -0.1) is 0 Å². The highest BCUT2D eigenvalue weighted by molar-refractivity contribution is 7.85. The minimum atomic E-state index is -3.33. The van der Waals surface area contributed by atoms with Crippen LogP contribution in [0.15, 0.2) is 29.2 Å². The van der Waals surface area contributed by atoms with Crippen molar-refractivity contribution in [3.63, 3.8) is 0 Å². The Hall–Kier alpha value is -0.850. The first-order chi connectivity index (χ1) is 14.4. The Morgan fingerprint density at radius 2 is 1.87 bits per heavy atom. The van der Waals surface area contributed by atoms with Crippen molar-refractivity contribution in [2.45, 2.75) is 95.2 Å². The van der Waals surface area contributed by atoms with E-state index in [1.165, 1.54) is 0 Å². The monoisotopic (exact) mass is 456 g/mol. The molecule has 2 fully saturated rings. The van der Waals surface area contributed by atoms with E-state index in [4.69, 9.17) is 0 Å². The second-order valence-corrected chi connectivity index (χ2v) is 12.0. The quantitative estimate of drug-likeness (QED) is 0.544. The molecule has 6 heteroatoms. The van der Waals surface area contributed by atoms with Crippen molar-refractivity contribution in [3.8, 4) is 0 Å². The molecule has 2 unspecified atom stereocenters. The molecule has 1 aromatic carbocycles. The zero-order valence-electron chi connectivity index (χ0n) is 19.2. The van der Waals surface area contributed by atoms with Gasteiger partial charge in [-0.2, -0.15) is 0 Å². The van der Waals surface area contributed by atoms with E-state index in [1.54, 1.807) is 24.3 Å². The van der Waals surface area contributed by atoms with Crippen LogP contribution in [0.4, 0.5) is 8.78 Å². The van der Waals surface area contributed by atoms with Gasteiger partial charge in [-0.05, 0) is 81.3 Å². The molecule has 176 valence electrons. The van der Waals surface area contributed by atoms with E-state index in [-0.39, 0.29) is 23.4 Å². The lowest BCUT2D eigenvalue weighted by atomic mass is 9.61. The van der Waals surface area contributed by atoms with Crippen LogP contribution >= 0.6 is 0 Å². The summed E-state index contributed by atoms with van der Waals surface area (Å²) in [5.41, 5.74) is -1.33. The van der Waals surface area contributed by atoms with Gasteiger partial charge in [0.05, 0.1) is 22.7 Å². The lowest BCUT2D eigenvalue weighted by Gasteiger charge is -2.45. The minimum Gasteiger partial charge on any atom is -0.393 e. The molecular weight excluding hydrogens is 418 g/mol. The van der Waals surface area contributed by atoms with Gasteiger partial charge < -0.3 is 10.2 Å². The summed E-state index contributed by atoms with van der Waals surface area (Å²) in [5, 5.41) is 21.0. The van der Waals surface area contributed by atoms with Gasteiger partial charge in [-0.1, -0.05) is 38.0 Å². The van der Waals surface area contributed by atoms with Crippen LogP contribution in [-0.4, -0.2) is 37.8 Å². The predicted octanol–water partition coefficient (Wildman–Crippen LogP) is 5.48. The number of rotatable bonds is 8. The number of aliphatic hydroxyl groups excluding tert-OH is 1. The zero-order valence-corrected chi connectivity index (χ0v) is 20.1. The summed E-state index contributed by atoms with van der Waals surface area (Å²) in [4.78, 5) is 0.454. The van der Waals surface area contributed by atoms with E-state index >= 15 is 8.78 Å². The molecule has 0 aliphatic heterocycles. The first-order valence-electron chi connectivity index (χ1n) is 11.6. The van der Waals surface area contributed by atoms with Gasteiger partial charge in [0.1, 0.15) is 5.60 Å². The molecule has 0 spiro atoms. The highest BCUT2D eigenvalue weighted by atomic mass is 32.2. The summed E-state index contributed by atoms with van der Waals surface area (Å²) in [5.74, 6) is -3.15. The first-order valence-corrected chi connectivity index (χ1v) is 12.9. The van der Waals surface area contributed by atoms with Crippen LogP contribution in [0.3, 0.4) is 0 Å². The van der Waals surface area contributed by atoms with Crippen molar-refractivity contribution in [1.82, 2.24) is 0 Å². The van der Waals surface area contributed by atoms with E-state index in [9.17, 15) is 14.4 Å². The number of alkyl halides is 2. The maximum atomic E-state index is 15.1. The topological polar surface area (TPSA) is 57.5 Å². The molecule has 0 saturated heterocycles. The van der Waals surface area contributed by atoms with Gasteiger partial charge >= 0.3 is 0 Å². The van der Waals surface area contributed by atoms with Crippen LogP contribution in [0.25, 0.3) is 0 Å². The Kier molecular flexibility index (Phi) is 7.34. The van der Waals surface area contributed by atoms with E-state index < -0.39 is 34.5 Å². The van der Waals surface area contributed by atoms with Crippen LogP contribution in [0.1, 0.15) is 71.3 Å². The second kappa shape index (κ2) is 9.18. The van der Waals surface area contributed by atoms with Crippen LogP contribution in [0.2, 0.25) is 0 Å². The Labute approximate surface area is 188 Å². The van der Waals surface area contributed by atoms with Gasteiger partial charge in [-0.3, -0.25) is 4.21 Å². The molecule has 0 heterocycles. The molecule has 2 aliphatic carbocycles. The number of fused-ring (bicyclic) bond motifs is 1. The molecule has 0 amide bonds. The molecule has 2 N–H and O–H groups in total. The van der Waals surface area contributed by atoms with E-state index in [2.05, 4.69) is 6.92 Å². The summed E-state index contributed by atoms with van der Waals surface area (Å²) in [6.45, 7) is 7.27. The Balaban J connectivity index is 1.61. The smallest absolute Gasteiger partial charge is 0.276 e. The van der Waals surface area contributed by atoms with Crippen molar-refractivity contribution < 1.29 is 23.2 Å². The first kappa shape index (κ1) is 24.8. The van der Waals surface area contributed by atoms with Crippen LogP contribution in [0, 0.1) is 30.1 Å². The van der Waals surface area contributed by atoms with Crippen molar-refractivity contribution >= 4 is 10.8 Å².